The van der Waals surface area contributed by atoms with E-state index < -0.39 is 5.91 Å². The van der Waals surface area contributed by atoms with Crippen LogP contribution < -0.4 is 25.8 Å². The predicted octanol–water partition coefficient (Wildman–Crippen LogP) is 2.58. The normalized spacial score (nSPS) is 10.6. The van der Waals surface area contributed by atoms with Gasteiger partial charge in [0.2, 0.25) is 5.91 Å². The van der Waals surface area contributed by atoms with Crippen LogP contribution in [0.2, 0.25) is 0 Å². The highest BCUT2D eigenvalue weighted by atomic mass is 16.5. The SMILES string of the molecule is CCOc1ccc(CCNC(=O)c2nnn(CC(=O)Nc3cccc(C)c3)c2N)cc1OCC. The molecular formula is C24H30N6O4. The molecule has 0 fully saturated rings. The van der Waals surface area contributed by atoms with Gasteiger partial charge in [0.25, 0.3) is 5.91 Å². The zero-order valence-corrected chi connectivity index (χ0v) is 19.6. The van der Waals surface area contributed by atoms with Crippen LogP contribution in [0.15, 0.2) is 42.5 Å². The van der Waals surface area contributed by atoms with Gasteiger partial charge in [0.1, 0.15) is 6.54 Å². The highest BCUT2D eigenvalue weighted by molar-refractivity contribution is 5.97. The molecule has 0 aliphatic carbocycles. The number of aryl methyl sites for hydroxylation is 1. The third kappa shape index (κ3) is 6.47. The lowest BCUT2D eigenvalue weighted by molar-refractivity contribution is -0.116. The molecule has 1 heterocycles. The number of carbonyl (C=O) groups excluding carboxylic acids is 2. The van der Waals surface area contributed by atoms with Crippen LogP contribution in [-0.4, -0.2) is 46.6 Å². The number of ether oxygens (including phenoxy) is 2. The molecule has 180 valence electrons. The van der Waals surface area contributed by atoms with Crippen molar-refractivity contribution < 1.29 is 19.1 Å². The molecule has 0 bridgehead atoms. The predicted molar refractivity (Wildman–Crippen MR) is 129 cm³/mol. The minimum atomic E-state index is -0.459. The number of hydrogen-bond donors (Lipinski definition) is 3. The number of rotatable bonds is 11. The summed E-state index contributed by atoms with van der Waals surface area (Å²) in [7, 11) is 0. The number of anilines is 2. The minimum absolute atomic E-state index is 0.0231. The van der Waals surface area contributed by atoms with Crippen molar-refractivity contribution in [2.45, 2.75) is 33.7 Å². The fourth-order valence-corrected chi connectivity index (χ4v) is 3.31. The molecule has 1 aromatic heterocycles. The van der Waals surface area contributed by atoms with Crippen molar-refractivity contribution in [1.82, 2.24) is 20.3 Å². The number of nitrogens with one attached hydrogen (secondary N) is 2. The minimum Gasteiger partial charge on any atom is -0.490 e. The molecule has 0 atom stereocenters. The molecule has 0 aliphatic rings. The monoisotopic (exact) mass is 466 g/mol. The average Bonchev–Trinajstić information content (AvgIpc) is 3.15. The number of nitrogens with zero attached hydrogens (tertiary/aromatic N) is 3. The van der Waals surface area contributed by atoms with Gasteiger partial charge in [0.15, 0.2) is 23.0 Å². The van der Waals surface area contributed by atoms with Crippen molar-refractivity contribution in [3.05, 3.63) is 59.3 Å². The summed E-state index contributed by atoms with van der Waals surface area (Å²) >= 11 is 0. The van der Waals surface area contributed by atoms with E-state index in [1.807, 2.05) is 57.2 Å². The van der Waals surface area contributed by atoms with E-state index in [1.54, 1.807) is 6.07 Å². The maximum absolute atomic E-state index is 12.5. The van der Waals surface area contributed by atoms with Gasteiger partial charge >= 0.3 is 0 Å². The summed E-state index contributed by atoms with van der Waals surface area (Å²) in [6, 6.07) is 13.1. The van der Waals surface area contributed by atoms with Crippen molar-refractivity contribution in [2.75, 3.05) is 30.8 Å². The lowest BCUT2D eigenvalue weighted by Crippen LogP contribution is -2.27. The first-order chi connectivity index (χ1) is 16.4. The van der Waals surface area contributed by atoms with Crippen molar-refractivity contribution in [2.24, 2.45) is 0 Å². The highest BCUT2D eigenvalue weighted by Gasteiger charge is 2.19. The number of hydrogen-bond acceptors (Lipinski definition) is 7. The Bertz CT molecular complexity index is 1140. The Morgan fingerprint density at radius 3 is 2.56 bits per heavy atom. The Morgan fingerprint density at radius 2 is 1.82 bits per heavy atom. The van der Waals surface area contributed by atoms with Gasteiger partial charge in [-0.05, 0) is 62.6 Å². The van der Waals surface area contributed by atoms with E-state index in [1.165, 1.54) is 4.68 Å². The molecule has 4 N–H and O–H groups in total. The van der Waals surface area contributed by atoms with Crippen LogP contribution >= 0.6 is 0 Å². The van der Waals surface area contributed by atoms with Crippen molar-refractivity contribution in [3.8, 4) is 11.5 Å². The maximum atomic E-state index is 12.5. The Kier molecular flexibility index (Phi) is 8.44. The molecule has 10 heteroatoms. The number of amides is 2. The smallest absolute Gasteiger partial charge is 0.275 e. The van der Waals surface area contributed by atoms with Gasteiger partial charge in [-0.15, -0.1) is 5.10 Å². The maximum Gasteiger partial charge on any atom is 0.275 e. The molecule has 3 aromatic rings. The van der Waals surface area contributed by atoms with Crippen LogP contribution in [0, 0.1) is 6.92 Å². The molecule has 0 saturated heterocycles. The quantitative estimate of drug-likeness (QED) is 0.395. The second-order valence-electron chi connectivity index (χ2n) is 7.55. The van der Waals surface area contributed by atoms with E-state index in [0.29, 0.717) is 43.4 Å². The molecule has 10 nitrogen and oxygen atoms in total. The summed E-state index contributed by atoms with van der Waals surface area (Å²) in [5.74, 6) is 0.599. The van der Waals surface area contributed by atoms with Gasteiger partial charge in [-0.25, -0.2) is 4.68 Å². The zero-order chi connectivity index (χ0) is 24.5. The Labute approximate surface area is 198 Å². The average molecular weight is 467 g/mol. The number of carbonyl (C=O) groups is 2. The fraction of sp³-hybridized carbons (Fsp3) is 0.333. The standard InChI is InChI=1S/C24H30N6O4/c1-4-33-19-10-9-17(14-20(19)34-5-2)11-12-26-24(32)22-23(25)30(29-28-22)15-21(31)27-18-8-6-7-16(3)13-18/h6-10,13-14H,4-5,11-12,15,25H2,1-3H3,(H,26,32)(H,27,31). The second kappa shape index (κ2) is 11.7. The number of nitrogen functional groups attached to an aromatic ring is 1. The van der Waals surface area contributed by atoms with Crippen molar-refractivity contribution in [1.29, 1.82) is 0 Å². The summed E-state index contributed by atoms with van der Waals surface area (Å²) in [4.78, 5) is 24.9. The van der Waals surface area contributed by atoms with Gasteiger partial charge in [0, 0.05) is 12.2 Å². The largest absolute Gasteiger partial charge is 0.490 e. The van der Waals surface area contributed by atoms with Crippen LogP contribution in [0.5, 0.6) is 11.5 Å². The van der Waals surface area contributed by atoms with Gasteiger partial charge in [-0.2, -0.15) is 0 Å². The van der Waals surface area contributed by atoms with Crippen LogP contribution in [0.25, 0.3) is 0 Å². The van der Waals surface area contributed by atoms with E-state index >= 15 is 0 Å². The molecular weight excluding hydrogens is 436 g/mol. The van der Waals surface area contributed by atoms with Crippen LogP contribution in [0.4, 0.5) is 11.5 Å². The lowest BCUT2D eigenvalue weighted by atomic mass is 10.1. The van der Waals surface area contributed by atoms with Gasteiger partial charge in [-0.3, -0.25) is 9.59 Å². The Balaban J connectivity index is 1.55. The number of benzene rings is 2. The zero-order valence-electron chi connectivity index (χ0n) is 19.6. The fourth-order valence-electron chi connectivity index (χ4n) is 3.31. The summed E-state index contributed by atoms with van der Waals surface area (Å²) in [5.41, 5.74) is 8.67. The van der Waals surface area contributed by atoms with E-state index in [-0.39, 0.29) is 24.0 Å². The summed E-state index contributed by atoms with van der Waals surface area (Å²) in [6.07, 6.45) is 0.575. The topological polar surface area (TPSA) is 133 Å². The van der Waals surface area contributed by atoms with Gasteiger partial charge in [0.05, 0.1) is 13.2 Å². The van der Waals surface area contributed by atoms with Crippen molar-refractivity contribution >= 4 is 23.3 Å². The lowest BCUT2D eigenvalue weighted by Gasteiger charge is -2.12. The molecule has 2 amide bonds. The Morgan fingerprint density at radius 1 is 1.06 bits per heavy atom. The highest BCUT2D eigenvalue weighted by Crippen LogP contribution is 2.28. The van der Waals surface area contributed by atoms with E-state index in [0.717, 1.165) is 11.1 Å². The summed E-state index contributed by atoms with van der Waals surface area (Å²) < 4.78 is 12.4. The molecule has 0 unspecified atom stereocenters. The van der Waals surface area contributed by atoms with E-state index in [9.17, 15) is 9.59 Å². The van der Waals surface area contributed by atoms with Crippen LogP contribution in [0.1, 0.15) is 35.5 Å². The molecule has 0 saturated carbocycles. The summed E-state index contributed by atoms with van der Waals surface area (Å²) in [6.45, 7) is 7.03. The first-order valence-electron chi connectivity index (χ1n) is 11.1. The molecule has 0 aliphatic heterocycles. The first-order valence-corrected chi connectivity index (χ1v) is 11.1. The van der Waals surface area contributed by atoms with Crippen molar-refractivity contribution in [3.63, 3.8) is 0 Å². The molecule has 34 heavy (non-hydrogen) atoms. The third-order valence-electron chi connectivity index (χ3n) is 4.89. The van der Waals surface area contributed by atoms with Crippen LogP contribution in [-0.2, 0) is 17.8 Å². The van der Waals surface area contributed by atoms with Gasteiger partial charge in [-0.1, -0.05) is 23.4 Å². The van der Waals surface area contributed by atoms with Gasteiger partial charge < -0.3 is 25.8 Å². The van der Waals surface area contributed by atoms with Crippen LogP contribution in [0.3, 0.4) is 0 Å². The first kappa shape index (κ1) is 24.6. The molecule has 0 spiro atoms. The third-order valence-corrected chi connectivity index (χ3v) is 4.89. The van der Waals surface area contributed by atoms with E-state index in [2.05, 4.69) is 20.9 Å². The number of aromatic nitrogens is 3. The molecule has 3 rings (SSSR count). The molecule has 2 aromatic carbocycles. The summed E-state index contributed by atoms with van der Waals surface area (Å²) in [5, 5.41) is 13.3. The number of nitrogens with two attached hydrogens (primary N) is 1. The molecule has 0 radical (unpaired) electrons. The van der Waals surface area contributed by atoms with E-state index in [4.69, 9.17) is 15.2 Å². The Hall–Kier alpha value is -4.08. The second-order valence-corrected chi connectivity index (χ2v) is 7.55.